The van der Waals surface area contributed by atoms with Gasteiger partial charge in [0.25, 0.3) is 0 Å². The molecular weight excluding hydrogens is 88.1 g/mol. The molecule has 0 fully saturated rings. The molecule has 2 nitrogen and oxygen atoms in total. The van der Waals surface area contributed by atoms with Crippen LogP contribution < -0.4 is 0 Å². The molecule has 7 heavy (non-hydrogen) atoms. The Kier molecular flexibility index (Phi) is 0.855. The predicted molar refractivity (Wildman–Crippen MR) is 26.9 cm³/mol. The van der Waals surface area contributed by atoms with Crippen LogP contribution in [0.1, 0.15) is 11.4 Å². The molecule has 0 aromatic carbocycles. The summed E-state index contributed by atoms with van der Waals surface area (Å²) in [4.78, 5) is 6.67. The van der Waals surface area contributed by atoms with Crippen LogP contribution in [0.5, 0.6) is 0 Å². The second-order valence-electron chi connectivity index (χ2n) is 1.56. The third-order valence-electron chi connectivity index (χ3n) is 1.01. The second kappa shape index (κ2) is 1.37. The molecule has 0 aliphatic carbocycles. The van der Waals surface area contributed by atoms with Gasteiger partial charge in [-0.3, -0.25) is 0 Å². The highest BCUT2D eigenvalue weighted by Crippen LogP contribution is 1.93. The van der Waals surface area contributed by atoms with Crippen LogP contribution in [0.25, 0.3) is 0 Å². The fourth-order valence-corrected chi connectivity index (χ4v) is 0.370. The first-order valence-corrected chi connectivity index (χ1v) is 2.20. The lowest BCUT2D eigenvalue weighted by molar-refractivity contribution is 1.22. The van der Waals surface area contributed by atoms with Gasteiger partial charge in [0.15, 0.2) is 6.33 Å². The van der Waals surface area contributed by atoms with E-state index in [0.717, 1.165) is 11.4 Å². The zero-order chi connectivity index (χ0) is 5.28. The Balaban J connectivity index is 3.12. The van der Waals surface area contributed by atoms with Gasteiger partial charge >= 0.3 is 0 Å². The number of H-pyrrole nitrogens is 1. The summed E-state index contributed by atoms with van der Waals surface area (Å²) < 4.78 is 0. The second-order valence-corrected chi connectivity index (χ2v) is 1.56. The zero-order valence-corrected chi connectivity index (χ0v) is 4.45. The van der Waals surface area contributed by atoms with Crippen LogP contribution in [0.15, 0.2) is 0 Å². The van der Waals surface area contributed by atoms with Crippen LogP contribution >= 0.6 is 0 Å². The van der Waals surface area contributed by atoms with Crippen molar-refractivity contribution in [3.8, 4) is 0 Å². The van der Waals surface area contributed by atoms with Crippen molar-refractivity contribution in [1.82, 2.24) is 9.97 Å². The Morgan fingerprint density at radius 1 is 1.57 bits per heavy atom. The van der Waals surface area contributed by atoms with Gasteiger partial charge in [-0.05, 0) is 13.8 Å². The summed E-state index contributed by atoms with van der Waals surface area (Å²) in [5, 5.41) is 0. The topological polar surface area (TPSA) is 28.7 Å². The summed E-state index contributed by atoms with van der Waals surface area (Å²) in [5.41, 5.74) is 2.13. The smallest absolute Gasteiger partial charge is 0.174 e. The van der Waals surface area contributed by atoms with Gasteiger partial charge in [-0.2, -0.15) is 0 Å². The number of rotatable bonds is 0. The molecule has 2 heteroatoms. The lowest BCUT2D eigenvalue weighted by atomic mass is 10.4. The fraction of sp³-hybridized carbons (Fsp3) is 0.400. The molecule has 1 aromatic heterocycles. The third kappa shape index (κ3) is 0.633. The summed E-state index contributed by atoms with van der Waals surface area (Å²) in [6, 6.07) is 0. The summed E-state index contributed by atoms with van der Waals surface area (Å²) in [6.45, 7) is 3.92. The molecule has 37 valence electrons. The average Bonchev–Trinajstić information content (AvgIpc) is 1.91. The first kappa shape index (κ1) is 4.37. The van der Waals surface area contributed by atoms with Gasteiger partial charge in [0, 0.05) is 5.69 Å². The van der Waals surface area contributed by atoms with Gasteiger partial charge in [-0.25, -0.2) is 4.98 Å². The minimum atomic E-state index is 1.03. The van der Waals surface area contributed by atoms with Gasteiger partial charge in [0.05, 0.1) is 5.69 Å². The van der Waals surface area contributed by atoms with Crippen molar-refractivity contribution in [1.29, 1.82) is 0 Å². The Bertz CT molecular complexity index is 138. The predicted octanol–water partition coefficient (Wildman–Crippen LogP) is 0.827. The molecule has 0 saturated carbocycles. The average molecular weight is 95.1 g/mol. The number of aromatic amines is 1. The maximum absolute atomic E-state index is 3.84. The van der Waals surface area contributed by atoms with Crippen molar-refractivity contribution in [3.63, 3.8) is 0 Å². The molecule has 1 aromatic rings. The number of hydrogen-bond acceptors (Lipinski definition) is 1. The van der Waals surface area contributed by atoms with Crippen LogP contribution in [0, 0.1) is 20.2 Å². The normalized spacial score (nSPS) is 9.43. The lowest BCUT2D eigenvalue weighted by Gasteiger charge is -1.78. The fourth-order valence-electron chi connectivity index (χ4n) is 0.370. The zero-order valence-electron chi connectivity index (χ0n) is 4.45. The monoisotopic (exact) mass is 95.1 g/mol. The molecule has 0 atom stereocenters. The van der Waals surface area contributed by atoms with E-state index in [-0.39, 0.29) is 0 Å². The van der Waals surface area contributed by atoms with E-state index in [9.17, 15) is 0 Å². The molecule has 0 aliphatic rings. The number of aryl methyl sites for hydroxylation is 2. The SMILES string of the molecule is Cc1n[c][nH]c1C. The van der Waals surface area contributed by atoms with Crippen molar-refractivity contribution < 1.29 is 0 Å². The highest BCUT2D eigenvalue weighted by Gasteiger charge is 1.88. The van der Waals surface area contributed by atoms with Crippen LogP contribution in [-0.2, 0) is 0 Å². The Hall–Kier alpha value is -0.790. The standard InChI is InChI=1S/C5H7N2/c1-4-5(2)7-3-6-4/h1-2H3,(H,6,7). The highest BCUT2D eigenvalue weighted by molar-refractivity contribution is 5.04. The van der Waals surface area contributed by atoms with E-state index in [2.05, 4.69) is 16.3 Å². The summed E-state index contributed by atoms with van der Waals surface area (Å²) in [6.07, 6.45) is 2.62. The maximum atomic E-state index is 3.84. The van der Waals surface area contributed by atoms with E-state index in [1.165, 1.54) is 0 Å². The van der Waals surface area contributed by atoms with Crippen LogP contribution in [0.3, 0.4) is 0 Å². The molecule has 1 heterocycles. The first-order valence-electron chi connectivity index (χ1n) is 2.20. The summed E-state index contributed by atoms with van der Waals surface area (Å²) in [7, 11) is 0. The summed E-state index contributed by atoms with van der Waals surface area (Å²) >= 11 is 0. The Labute approximate surface area is 42.6 Å². The summed E-state index contributed by atoms with van der Waals surface area (Å²) in [5.74, 6) is 0. The van der Waals surface area contributed by atoms with E-state index in [1.807, 2.05) is 13.8 Å². The molecule has 0 aliphatic heterocycles. The van der Waals surface area contributed by atoms with Crippen molar-refractivity contribution in [2.75, 3.05) is 0 Å². The largest absolute Gasteiger partial charge is 0.339 e. The van der Waals surface area contributed by atoms with Gasteiger partial charge in [0.1, 0.15) is 0 Å². The van der Waals surface area contributed by atoms with E-state index in [1.54, 1.807) is 0 Å². The van der Waals surface area contributed by atoms with Crippen LogP contribution in [-0.4, -0.2) is 9.97 Å². The van der Waals surface area contributed by atoms with Crippen molar-refractivity contribution in [3.05, 3.63) is 17.7 Å². The molecule has 0 saturated heterocycles. The van der Waals surface area contributed by atoms with Gasteiger partial charge in [0.2, 0.25) is 0 Å². The molecule has 0 bridgehead atoms. The number of nitrogens with one attached hydrogen (secondary N) is 1. The van der Waals surface area contributed by atoms with Crippen molar-refractivity contribution >= 4 is 0 Å². The number of aromatic nitrogens is 2. The van der Waals surface area contributed by atoms with E-state index >= 15 is 0 Å². The van der Waals surface area contributed by atoms with Crippen molar-refractivity contribution in [2.45, 2.75) is 13.8 Å². The van der Waals surface area contributed by atoms with E-state index in [4.69, 9.17) is 0 Å². The molecule has 1 rings (SSSR count). The minimum Gasteiger partial charge on any atom is -0.339 e. The minimum absolute atomic E-state index is 1.03. The lowest BCUT2D eigenvalue weighted by Crippen LogP contribution is -1.71. The number of hydrogen-bond donors (Lipinski definition) is 1. The molecule has 1 radical (unpaired) electrons. The maximum Gasteiger partial charge on any atom is 0.174 e. The first-order chi connectivity index (χ1) is 3.30. The van der Waals surface area contributed by atoms with Gasteiger partial charge < -0.3 is 4.98 Å². The van der Waals surface area contributed by atoms with E-state index < -0.39 is 0 Å². The molecular formula is C5H7N2. The van der Waals surface area contributed by atoms with Gasteiger partial charge in [-0.1, -0.05) is 0 Å². The molecule has 0 spiro atoms. The molecule has 0 amide bonds. The highest BCUT2D eigenvalue weighted by atomic mass is 14.9. The third-order valence-corrected chi connectivity index (χ3v) is 1.01. The van der Waals surface area contributed by atoms with E-state index in [0.29, 0.717) is 0 Å². The van der Waals surface area contributed by atoms with Gasteiger partial charge in [-0.15, -0.1) is 0 Å². The number of nitrogens with zero attached hydrogens (tertiary/aromatic N) is 1. The molecule has 0 unspecified atom stereocenters. The Morgan fingerprint density at radius 2 is 2.29 bits per heavy atom. The number of imidazole rings is 1. The van der Waals surface area contributed by atoms with Crippen LogP contribution in [0.4, 0.5) is 0 Å². The quantitative estimate of drug-likeness (QED) is 0.508. The molecule has 1 N–H and O–H groups in total. The Morgan fingerprint density at radius 3 is 2.43 bits per heavy atom. The van der Waals surface area contributed by atoms with Crippen LogP contribution in [0.2, 0.25) is 0 Å². The van der Waals surface area contributed by atoms with Crippen molar-refractivity contribution in [2.24, 2.45) is 0 Å².